The fourth-order valence-corrected chi connectivity index (χ4v) is 7.47. The summed E-state index contributed by atoms with van der Waals surface area (Å²) in [7, 11) is 1.40. The highest BCUT2D eigenvalue weighted by atomic mass is 16.5. The van der Waals surface area contributed by atoms with Crippen molar-refractivity contribution in [1.29, 1.82) is 0 Å². The highest BCUT2D eigenvalue weighted by molar-refractivity contribution is 5.95. The maximum absolute atomic E-state index is 11.6. The Bertz CT molecular complexity index is 1660. The fraction of sp³-hybridized carbons (Fsp3) is 0.512. The minimum atomic E-state index is -0.308. The Morgan fingerprint density at radius 1 is 0.604 bits per heavy atom. The van der Waals surface area contributed by atoms with Gasteiger partial charge in [0.25, 0.3) is 0 Å². The summed E-state index contributed by atoms with van der Waals surface area (Å²) < 4.78 is 17.2. The van der Waals surface area contributed by atoms with Crippen LogP contribution in [-0.2, 0) is 11.3 Å². The smallest absolute Gasteiger partial charge is 0.337 e. The lowest BCUT2D eigenvalue weighted by molar-refractivity contribution is 0.0601. The van der Waals surface area contributed by atoms with Gasteiger partial charge in [0.15, 0.2) is 0 Å². The number of benzene rings is 4. The van der Waals surface area contributed by atoms with Crippen molar-refractivity contribution < 1.29 is 24.1 Å². The first kappa shape index (κ1) is 35.7. The molecule has 48 heavy (non-hydrogen) atoms. The predicted octanol–water partition coefficient (Wildman–Crippen LogP) is 10.9. The molecule has 4 aromatic carbocycles. The van der Waals surface area contributed by atoms with Gasteiger partial charge in [-0.15, -0.1) is 0 Å². The van der Waals surface area contributed by atoms with Gasteiger partial charge in [0.1, 0.15) is 11.5 Å². The number of esters is 1. The topological polar surface area (TPSA) is 65.0 Å². The van der Waals surface area contributed by atoms with E-state index in [4.69, 9.17) is 14.2 Å². The van der Waals surface area contributed by atoms with Crippen LogP contribution in [0.1, 0.15) is 109 Å². The second kappa shape index (κ2) is 15.3. The molecule has 0 aromatic heterocycles. The summed E-state index contributed by atoms with van der Waals surface area (Å²) in [4.78, 5) is 11.6. The van der Waals surface area contributed by atoms with E-state index in [0.717, 1.165) is 70.7 Å². The monoisotopic (exact) mass is 652 g/mol. The van der Waals surface area contributed by atoms with Crippen LogP contribution < -0.4 is 9.47 Å². The Morgan fingerprint density at radius 2 is 1.02 bits per heavy atom. The Morgan fingerprint density at radius 3 is 1.46 bits per heavy atom. The van der Waals surface area contributed by atoms with Gasteiger partial charge in [-0.25, -0.2) is 4.79 Å². The van der Waals surface area contributed by atoms with E-state index >= 15 is 0 Å². The number of hydrogen-bond donors (Lipinski definition) is 1. The minimum Gasteiger partial charge on any atom is -0.490 e. The summed E-state index contributed by atoms with van der Waals surface area (Å²) in [5, 5.41) is 13.6. The van der Waals surface area contributed by atoms with Gasteiger partial charge in [-0.3, -0.25) is 0 Å². The van der Waals surface area contributed by atoms with Gasteiger partial charge in [-0.05, 0) is 144 Å². The summed E-state index contributed by atoms with van der Waals surface area (Å²) in [6.07, 6.45) is 10.2. The zero-order chi connectivity index (χ0) is 34.5. The normalized spacial score (nSPS) is 21.7. The lowest BCUT2D eigenvalue weighted by Gasteiger charge is -2.37. The molecule has 0 radical (unpaired) electrons. The van der Waals surface area contributed by atoms with E-state index in [-0.39, 0.29) is 12.6 Å². The van der Waals surface area contributed by atoms with Crippen molar-refractivity contribution in [2.24, 2.45) is 22.7 Å². The molecule has 0 spiro atoms. The number of aliphatic hydroxyl groups excluding tert-OH is 1. The summed E-state index contributed by atoms with van der Waals surface area (Å²) in [5.41, 5.74) is 2.33. The largest absolute Gasteiger partial charge is 0.490 e. The maximum atomic E-state index is 11.6. The molecule has 2 fully saturated rings. The molecule has 2 aliphatic carbocycles. The first-order valence-corrected chi connectivity index (χ1v) is 17.9. The van der Waals surface area contributed by atoms with E-state index in [1.807, 2.05) is 36.4 Å². The lowest BCUT2D eigenvalue weighted by atomic mass is 9.72. The van der Waals surface area contributed by atoms with Crippen LogP contribution in [0.4, 0.5) is 0 Å². The van der Waals surface area contributed by atoms with Gasteiger partial charge in [0, 0.05) is 0 Å². The Hall–Kier alpha value is -3.57. The number of carbonyl (C=O) groups excluding carboxylic acids is 1. The third kappa shape index (κ3) is 9.31. The molecule has 0 aliphatic heterocycles. The Labute approximate surface area is 288 Å². The quantitative estimate of drug-likeness (QED) is 0.210. The number of carbonyl (C=O) groups is 1. The number of aliphatic hydroxyl groups is 1. The van der Waals surface area contributed by atoms with Crippen molar-refractivity contribution in [3.63, 3.8) is 0 Å². The molecule has 0 bridgehead atoms. The van der Waals surface area contributed by atoms with Crippen molar-refractivity contribution in [3.8, 4) is 11.5 Å². The van der Waals surface area contributed by atoms with Gasteiger partial charge < -0.3 is 19.3 Å². The van der Waals surface area contributed by atoms with Gasteiger partial charge in [-0.2, -0.15) is 0 Å². The third-order valence-electron chi connectivity index (χ3n) is 10.7. The molecule has 258 valence electrons. The second-order valence-corrected chi connectivity index (χ2v) is 16.1. The van der Waals surface area contributed by atoms with E-state index in [9.17, 15) is 9.90 Å². The molecule has 1 N–H and O–H groups in total. The standard InChI is InChI=1S/C22H28O3.C21H28O2/c1-22(2,3)18-8-11-19(12-9-18)25-20-10-7-15-13-17(21(23)24-4)6-5-16(15)14-20;1-21(2,3)18-7-10-19(11-8-18)23-20-9-6-16-12-15(14-22)4-5-17(16)13-20/h5-7,10,13-14,18-19H,8-9,11-12H2,1-4H3;4-6,9,12-13,18-19,22H,7-8,10-11,14H2,1-3H3. The Kier molecular flexibility index (Phi) is 11.4. The molecule has 6 rings (SSSR count). The zero-order valence-corrected chi connectivity index (χ0v) is 30.2. The number of rotatable bonds is 6. The lowest BCUT2D eigenvalue weighted by Crippen LogP contribution is -2.30. The number of fused-ring (bicyclic) bond motifs is 2. The molecule has 2 saturated carbocycles. The van der Waals surface area contributed by atoms with Crippen LogP contribution in [0.2, 0.25) is 0 Å². The van der Waals surface area contributed by atoms with Gasteiger partial charge in [-0.1, -0.05) is 71.9 Å². The highest BCUT2D eigenvalue weighted by Gasteiger charge is 2.31. The van der Waals surface area contributed by atoms with Crippen LogP contribution in [0.25, 0.3) is 21.5 Å². The first-order chi connectivity index (χ1) is 22.8. The molecule has 2 aliphatic rings. The molecule has 5 heteroatoms. The van der Waals surface area contributed by atoms with Crippen molar-refractivity contribution >= 4 is 27.5 Å². The van der Waals surface area contributed by atoms with Crippen molar-refractivity contribution in [1.82, 2.24) is 0 Å². The minimum absolute atomic E-state index is 0.0885. The summed E-state index contributed by atoms with van der Waals surface area (Å²) in [6.45, 7) is 14.2. The molecule has 0 atom stereocenters. The van der Waals surface area contributed by atoms with Gasteiger partial charge >= 0.3 is 5.97 Å². The van der Waals surface area contributed by atoms with Crippen molar-refractivity contribution in [2.75, 3.05) is 7.11 Å². The number of methoxy groups -OCH3 is 1. The third-order valence-corrected chi connectivity index (χ3v) is 10.7. The van der Waals surface area contributed by atoms with Crippen LogP contribution in [-0.4, -0.2) is 30.4 Å². The average Bonchev–Trinajstić information content (AvgIpc) is 3.07. The van der Waals surface area contributed by atoms with E-state index in [1.165, 1.54) is 38.2 Å². The van der Waals surface area contributed by atoms with Gasteiger partial charge in [0.05, 0.1) is 31.5 Å². The summed E-state index contributed by atoms with van der Waals surface area (Å²) in [6, 6.07) is 24.0. The number of hydrogen-bond acceptors (Lipinski definition) is 5. The molecule has 4 aromatic rings. The van der Waals surface area contributed by atoms with Gasteiger partial charge in [0.2, 0.25) is 0 Å². The molecule has 5 nitrogen and oxygen atoms in total. The van der Waals surface area contributed by atoms with Crippen LogP contribution >= 0.6 is 0 Å². The SMILES string of the molecule is CC(C)(C)C1CCC(Oc2ccc3cc(CO)ccc3c2)CC1.COC(=O)c1ccc2cc(OC3CCC(C(C)(C)C)CC3)ccc2c1. The summed E-state index contributed by atoms with van der Waals surface area (Å²) in [5.74, 6) is 3.18. The van der Waals surface area contributed by atoms with E-state index in [2.05, 4.69) is 71.9 Å². The molecule has 0 saturated heterocycles. The molecule has 0 heterocycles. The highest BCUT2D eigenvalue weighted by Crippen LogP contribution is 2.40. The van der Waals surface area contributed by atoms with Crippen LogP contribution in [0.15, 0.2) is 72.8 Å². The fourth-order valence-electron chi connectivity index (χ4n) is 7.47. The van der Waals surface area contributed by atoms with Crippen LogP contribution in [0.5, 0.6) is 11.5 Å². The molecular formula is C43H56O5. The molecule has 0 unspecified atom stereocenters. The first-order valence-electron chi connectivity index (χ1n) is 17.9. The number of ether oxygens (including phenoxy) is 3. The van der Waals surface area contributed by atoms with Crippen LogP contribution in [0.3, 0.4) is 0 Å². The van der Waals surface area contributed by atoms with Crippen LogP contribution in [0, 0.1) is 22.7 Å². The van der Waals surface area contributed by atoms with E-state index in [1.54, 1.807) is 6.07 Å². The predicted molar refractivity (Wildman–Crippen MR) is 197 cm³/mol. The Balaban J connectivity index is 0.000000188. The molecular weight excluding hydrogens is 596 g/mol. The zero-order valence-electron chi connectivity index (χ0n) is 30.2. The van der Waals surface area contributed by atoms with E-state index in [0.29, 0.717) is 28.6 Å². The second-order valence-electron chi connectivity index (χ2n) is 16.1. The van der Waals surface area contributed by atoms with E-state index < -0.39 is 0 Å². The average molecular weight is 653 g/mol. The summed E-state index contributed by atoms with van der Waals surface area (Å²) >= 11 is 0. The van der Waals surface area contributed by atoms with Crippen molar-refractivity contribution in [3.05, 3.63) is 83.9 Å². The van der Waals surface area contributed by atoms with Crippen molar-refractivity contribution in [2.45, 2.75) is 112 Å². The maximum Gasteiger partial charge on any atom is 0.337 e. The molecule has 0 amide bonds.